The lowest BCUT2D eigenvalue weighted by Crippen LogP contribution is -2.54. The molecule has 0 aromatic rings. The molecule has 1 rings (SSSR count). The number of hydrogen-bond donors (Lipinski definition) is 1. The van der Waals surface area contributed by atoms with E-state index in [2.05, 4.69) is 13.8 Å². The lowest BCUT2D eigenvalue weighted by Gasteiger charge is -2.42. The molecule has 0 aromatic heterocycles. The summed E-state index contributed by atoms with van der Waals surface area (Å²) in [4.78, 5) is 1.48. The predicted octanol–water partition coefficient (Wildman–Crippen LogP) is 2.39. The zero-order chi connectivity index (χ0) is 12.4. The first-order chi connectivity index (χ1) is 7.32. The molecule has 0 saturated carbocycles. The van der Waals surface area contributed by atoms with Crippen molar-refractivity contribution in [1.82, 2.24) is 4.90 Å². The molecule has 1 heterocycles. The minimum atomic E-state index is -4.20. The van der Waals surface area contributed by atoms with Crippen LogP contribution in [0.5, 0.6) is 0 Å². The number of piperidine rings is 1. The van der Waals surface area contributed by atoms with Crippen LogP contribution in [-0.4, -0.2) is 36.8 Å². The van der Waals surface area contributed by atoms with E-state index >= 15 is 0 Å². The van der Waals surface area contributed by atoms with E-state index in [1.807, 2.05) is 0 Å². The molecule has 2 nitrogen and oxygen atoms in total. The van der Waals surface area contributed by atoms with Gasteiger partial charge in [-0.2, -0.15) is 13.2 Å². The van der Waals surface area contributed by atoms with Gasteiger partial charge in [0, 0.05) is 6.54 Å². The third-order valence-corrected chi connectivity index (χ3v) is 3.90. The number of hydrogen-bond acceptors (Lipinski definition) is 2. The van der Waals surface area contributed by atoms with Crippen LogP contribution in [0.1, 0.15) is 33.1 Å². The minimum Gasteiger partial charge on any atom is -0.329 e. The van der Waals surface area contributed by atoms with Gasteiger partial charge in [0.2, 0.25) is 0 Å². The first-order valence-corrected chi connectivity index (χ1v) is 5.83. The lowest BCUT2D eigenvalue weighted by molar-refractivity contribution is -0.185. The zero-order valence-electron chi connectivity index (χ0n) is 9.98. The smallest absolute Gasteiger partial charge is 0.329 e. The first kappa shape index (κ1) is 13.8. The molecule has 1 aliphatic heterocycles. The largest absolute Gasteiger partial charge is 0.405 e. The molecule has 1 fully saturated rings. The van der Waals surface area contributed by atoms with E-state index in [4.69, 9.17) is 5.73 Å². The summed E-state index contributed by atoms with van der Waals surface area (Å²) < 4.78 is 38.0. The van der Waals surface area contributed by atoms with Crippen molar-refractivity contribution < 1.29 is 13.2 Å². The number of alkyl halides is 3. The van der Waals surface area contributed by atoms with Gasteiger partial charge < -0.3 is 5.73 Å². The van der Waals surface area contributed by atoms with Crippen LogP contribution in [-0.2, 0) is 0 Å². The Morgan fingerprint density at radius 2 is 1.81 bits per heavy atom. The van der Waals surface area contributed by atoms with Gasteiger partial charge in [-0.05, 0) is 31.3 Å². The van der Waals surface area contributed by atoms with Gasteiger partial charge in [-0.15, -0.1) is 0 Å². The molecule has 2 N–H and O–H groups in total. The van der Waals surface area contributed by atoms with Crippen LogP contribution < -0.4 is 5.73 Å². The van der Waals surface area contributed by atoms with Crippen molar-refractivity contribution >= 4 is 0 Å². The average molecular weight is 238 g/mol. The van der Waals surface area contributed by atoms with E-state index in [0.29, 0.717) is 13.1 Å². The maximum Gasteiger partial charge on any atom is 0.405 e. The highest BCUT2D eigenvalue weighted by atomic mass is 19.4. The molecular formula is C11H21F3N2. The Kier molecular flexibility index (Phi) is 4.23. The standard InChI is InChI=1S/C11H21F3N2/c1-3-10(2)4-6-16(7-5-10)9(8-15)11(12,13)14/h9H,3-8,15H2,1-2H3. The molecule has 0 spiro atoms. The maximum atomic E-state index is 12.7. The molecular weight excluding hydrogens is 217 g/mol. The molecule has 0 bridgehead atoms. The lowest BCUT2D eigenvalue weighted by atomic mass is 9.78. The Morgan fingerprint density at radius 3 is 2.12 bits per heavy atom. The number of rotatable bonds is 3. The van der Waals surface area contributed by atoms with E-state index in [9.17, 15) is 13.2 Å². The fourth-order valence-electron chi connectivity index (χ4n) is 2.22. The normalized spacial score (nSPS) is 24.4. The molecule has 0 radical (unpaired) electrons. The Morgan fingerprint density at radius 1 is 1.31 bits per heavy atom. The number of nitrogens with zero attached hydrogens (tertiary/aromatic N) is 1. The van der Waals surface area contributed by atoms with Gasteiger partial charge >= 0.3 is 6.18 Å². The van der Waals surface area contributed by atoms with Crippen molar-refractivity contribution in [2.75, 3.05) is 19.6 Å². The molecule has 5 heteroatoms. The van der Waals surface area contributed by atoms with Crippen LogP contribution in [0.3, 0.4) is 0 Å². The summed E-state index contributed by atoms with van der Waals surface area (Å²) >= 11 is 0. The Labute approximate surface area is 95.0 Å². The van der Waals surface area contributed by atoms with Crippen molar-refractivity contribution in [1.29, 1.82) is 0 Å². The van der Waals surface area contributed by atoms with Crippen molar-refractivity contribution in [2.24, 2.45) is 11.1 Å². The molecule has 0 amide bonds. The number of halogens is 3. The van der Waals surface area contributed by atoms with Crippen molar-refractivity contribution in [3.05, 3.63) is 0 Å². The Hall–Kier alpha value is -0.290. The summed E-state index contributed by atoms with van der Waals surface area (Å²) in [6.45, 7) is 4.92. The van der Waals surface area contributed by atoms with E-state index in [1.165, 1.54) is 4.90 Å². The van der Waals surface area contributed by atoms with Crippen LogP contribution in [0.15, 0.2) is 0 Å². The van der Waals surface area contributed by atoms with Crippen LogP contribution in [0.4, 0.5) is 13.2 Å². The number of nitrogens with two attached hydrogens (primary N) is 1. The third-order valence-electron chi connectivity index (χ3n) is 3.90. The summed E-state index contributed by atoms with van der Waals surface area (Å²) in [6.07, 6.45) is -1.51. The summed E-state index contributed by atoms with van der Waals surface area (Å²) in [5.41, 5.74) is 5.44. The highest BCUT2D eigenvalue weighted by molar-refractivity contribution is 4.87. The fourth-order valence-corrected chi connectivity index (χ4v) is 2.22. The second kappa shape index (κ2) is 4.92. The quantitative estimate of drug-likeness (QED) is 0.818. The van der Waals surface area contributed by atoms with E-state index < -0.39 is 12.2 Å². The maximum absolute atomic E-state index is 12.7. The Bertz CT molecular complexity index is 220. The van der Waals surface area contributed by atoms with Gasteiger partial charge in [-0.25, -0.2) is 0 Å². The zero-order valence-corrected chi connectivity index (χ0v) is 9.98. The van der Waals surface area contributed by atoms with E-state index in [0.717, 1.165) is 19.3 Å². The highest BCUT2D eigenvalue weighted by Crippen LogP contribution is 2.36. The molecule has 1 saturated heterocycles. The fraction of sp³-hybridized carbons (Fsp3) is 1.00. The second-order valence-corrected chi connectivity index (χ2v) is 4.99. The van der Waals surface area contributed by atoms with E-state index in [1.54, 1.807) is 0 Å². The van der Waals surface area contributed by atoms with Gasteiger partial charge in [-0.1, -0.05) is 20.3 Å². The minimum absolute atomic E-state index is 0.210. The predicted molar refractivity (Wildman–Crippen MR) is 58.1 cm³/mol. The molecule has 16 heavy (non-hydrogen) atoms. The van der Waals surface area contributed by atoms with Crippen molar-refractivity contribution in [3.63, 3.8) is 0 Å². The summed E-state index contributed by atoms with van der Waals surface area (Å²) in [7, 11) is 0. The van der Waals surface area contributed by atoms with Crippen LogP contribution in [0.25, 0.3) is 0 Å². The van der Waals surface area contributed by atoms with Crippen LogP contribution in [0.2, 0.25) is 0 Å². The van der Waals surface area contributed by atoms with Gasteiger partial charge in [0.05, 0.1) is 0 Å². The topological polar surface area (TPSA) is 29.3 Å². The molecule has 1 unspecified atom stereocenters. The monoisotopic (exact) mass is 238 g/mol. The van der Waals surface area contributed by atoms with Gasteiger partial charge in [-0.3, -0.25) is 4.90 Å². The van der Waals surface area contributed by atoms with Crippen LogP contribution in [0, 0.1) is 5.41 Å². The summed E-state index contributed by atoms with van der Waals surface area (Å²) in [6, 6.07) is -1.46. The van der Waals surface area contributed by atoms with Crippen molar-refractivity contribution in [3.8, 4) is 0 Å². The third kappa shape index (κ3) is 3.10. The van der Waals surface area contributed by atoms with Crippen molar-refractivity contribution in [2.45, 2.75) is 45.3 Å². The highest BCUT2D eigenvalue weighted by Gasteiger charge is 2.44. The molecule has 96 valence electrons. The molecule has 1 atom stereocenters. The molecule has 1 aliphatic rings. The van der Waals surface area contributed by atoms with Gasteiger partial charge in [0.1, 0.15) is 6.04 Å². The van der Waals surface area contributed by atoms with Crippen LogP contribution >= 0.6 is 0 Å². The van der Waals surface area contributed by atoms with Gasteiger partial charge in [0.15, 0.2) is 0 Å². The SMILES string of the molecule is CCC1(C)CCN(C(CN)C(F)(F)F)CC1. The summed E-state index contributed by atoms with van der Waals surface area (Å²) in [5.74, 6) is 0. The second-order valence-electron chi connectivity index (χ2n) is 4.99. The first-order valence-electron chi connectivity index (χ1n) is 5.83. The van der Waals surface area contributed by atoms with E-state index in [-0.39, 0.29) is 12.0 Å². The van der Waals surface area contributed by atoms with Gasteiger partial charge in [0.25, 0.3) is 0 Å². The molecule has 0 aliphatic carbocycles. The summed E-state index contributed by atoms with van der Waals surface area (Å²) in [5, 5.41) is 0. The number of likely N-dealkylation sites (tertiary alicyclic amines) is 1. The average Bonchev–Trinajstić information content (AvgIpc) is 2.20. The Balaban J connectivity index is 2.58. The molecule has 0 aromatic carbocycles.